The van der Waals surface area contributed by atoms with Crippen LogP contribution in [0.2, 0.25) is 13.1 Å². The summed E-state index contributed by atoms with van der Waals surface area (Å²) in [6, 6.07) is 0. The Bertz CT molecular complexity index is 42.1. The van der Waals surface area contributed by atoms with Crippen LogP contribution in [0.1, 0.15) is 0 Å². The van der Waals surface area contributed by atoms with Gasteiger partial charge in [0.2, 0.25) is 0 Å². The standard InChI is InChI=1S/C2H8O2Si.2CH4O.4CH3.Ti.Zr/c1-5(2,3)4;2*1-2;;;;;;/h3-4H,1-2H3;2*2H,1H3;4*1H3;;/q;;;4*-1;2*+2. The van der Waals surface area contributed by atoms with Crippen molar-refractivity contribution >= 4 is 8.56 Å². The molecule has 4 nitrogen and oxygen atoms in total. The third-order valence-corrected chi connectivity index (χ3v) is 0. The van der Waals surface area contributed by atoms with Gasteiger partial charge in [0.25, 0.3) is 0 Å². The summed E-state index contributed by atoms with van der Waals surface area (Å²) in [4.78, 5) is 16.4. The summed E-state index contributed by atoms with van der Waals surface area (Å²) in [7, 11) is -0.611. The second-order valence-corrected chi connectivity index (χ2v) is 4.48. The van der Waals surface area contributed by atoms with Crippen LogP contribution < -0.4 is 0 Å². The number of aliphatic hydroxyl groups excluding tert-OH is 2. The molecule has 4 N–H and O–H groups in total. The van der Waals surface area contributed by atoms with E-state index in [0.717, 1.165) is 14.2 Å². The van der Waals surface area contributed by atoms with Gasteiger partial charge in [-0.15, -0.1) is 0 Å². The third-order valence-electron chi connectivity index (χ3n) is 0. The maximum atomic E-state index is 8.22. The van der Waals surface area contributed by atoms with Crippen molar-refractivity contribution in [1.29, 1.82) is 0 Å². The Hall–Kier alpha value is 1.65. The van der Waals surface area contributed by atoms with E-state index in [2.05, 4.69) is 0 Å². The van der Waals surface area contributed by atoms with E-state index in [1.54, 1.807) is 0 Å². The molecule has 0 saturated carbocycles. The van der Waals surface area contributed by atoms with E-state index in [0.29, 0.717) is 0 Å². The predicted octanol–water partition coefficient (Wildman–Crippen LogP) is 0.686. The largest absolute Gasteiger partial charge is 2.00 e. The number of hydrogen-bond acceptors (Lipinski definition) is 4. The van der Waals surface area contributed by atoms with Crippen LogP contribution in [-0.2, 0) is 47.9 Å². The quantitative estimate of drug-likeness (QED) is 0.381. The molecule has 0 unspecified atom stereocenters. The second kappa shape index (κ2) is 57.4. The Morgan fingerprint density at radius 3 is 0.667 bits per heavy atom. The molecule has 0 aromatic heterocycles. The first-order valence-corrected chi connectivity index (χ1v) is 5.24. The SMILES string of the molecule is CO.CO.C[Si](C)(O)O.[CH3-].[CH3-].[CH3-].[CH3-].[Ti+2].[Zr+2]. The zero-order chi connectivity index (χ0) is 8.50. The Balaban J connectivity index is -0.00000000475. The van der Waals surface area contributed by atoms with Crippen LogP contribution in [0, 0.1) is 29.7 Å². The average Bonchev–Trinajstić information content (AvgIpc) is 1.72. The molecular formula is C8H28O4SiTiZr. The predicted molar refractivity (Wildman–Crippen MR) is 63.9 cm³/mol. The molecular weight excluding hydrogens is 327 g/mol. The normalized spacial score (nSPS) is 4.80. The van der Waals surface area contributed by atoms with Gasteiger partial charge in [-0.1, -0.05) is 0 Å². The molecule has 0 heterocycles. The summed E-state index contributed by atoms with van der Waals surface area (Å²) in [6.45, 7) is 2.88. The molecule has 15 heavy (non-hydrogen) atoms. The van der Waals surface area contributed by atoms with Gasteiger partial charge in [0, 0.05) is 14.2 Å². The summed E-state index contributed by atoms with van der Waals surface area (Å²) in [6.07, 6.45) is 0. The smallest absolute Gasteiger partial charge is 0.411 e. The maximum absolute atomic E-state index is 8.22. The van der Waals surface area contributed by atoms with E-state index in [4.69, 9.17) is 19.8 Å². The first kappa shape index (κ1) is 69.7. The van der Waals surface area contributed by atoms with Crippen molar-refractivity contribution in [3.63, 3.8) is 0 Å². The second-order valence-electron chi connectivity index (χ2n) is 1.49. The molecule has 0 radical (unpaired) electrons. The molecule has 0 bridgehead atoms. The molecule has 0 fully saturated rings. The van der Waals surface area contributed by atoms with Crippen molar-refractivity contribution in [2.45, 2.75) is 13.1 Å². The first-order valence-electron chi connectivity index (χ1n) is 2.34. The van der Waals surface area contributed by atoms with Gasteiger partial charge in [0.1, 0.15) is 0 Å². The van der Waals surface area contributed by atoms with Crippen molar-refractivity contribution in [3.8, 4) is 0 Å². The molecule has 0 aromatic rings. The van der Waals surface area contributed by atoms with Crippen LogP contribution in [0.3, 0.4) is 0 Å². The Morgan fingerprint density at radius 1 is 0.667 bits per heavy atom. The van der Waals surface area contributed by atoms with E-state index in [9.17, 15) is 0 Å². The fourth-order valence-corrected chi connectivity index (χ4v) is 0. The van der Waals surface area contributed by atoms with Gasteiger partial charge >= 0.3 is 56.5 Å². The van der Waals surface area contributed by atoms with E-state index in [1.165, 1.54) is 13.1 Å². The van der Waals surface area contributed by atoms with E-state index >= 15 is 0 Å². The molecule has 0 aliphatic rings. The minimum Gasteiger partial charge on any atom is -0.411 e. The molecule has 0 rings (SSSR count). The Kier molecular flexibility index (Phi) is 266. The third kappa shape index (κ3) is 1070. The Labute approximate surface area is 132 Å². The van der Waals surface area contributed by atoms with Crippen molar-refractivity contribution in [1.82, 2.24) is 0 Å². The number of hydrogen-bond donors (Lipinski definition) is 4. The minimum absolute atomic E-state index is 0. The van der Waals surface area contributed by atoms with Crippen LogP contribution in [0.4, 0.5) is 0 Å². The zero-order valence-electron chi connectivity index (χ0n) is 11.3. The van der Waals surface area contributed by atoms with Gasteiger partial charge in [-0.2, -0.15) is 0 Å². The van der Waals surface area contributed by atoms with Gasteiger partial charge in [-0.25, -0.2) is 0 Å². The van der Waals surface area contributed by atoms with Gasteiger partial charge in [0.05, 0.1) is 0 Å². The summed E-state index contributed by atoms with van der Waals surface area (Å²) >= 11 is 0. The van der Waals surface area contributed by atoms with Crippen LogP contribution >= 0.6 is 0 Å². The summed E-state index contributed by atoms with van der Waals surface area (Å²) in [5.74, 6) is 0. The monoisotopic (exact) mass is 354 g/mol. The molecule has 0 saturated heterocycles. The molecule has 0 amide bonds. The first-order chi connectivity index (χ1) is 4.00. The fraction of sp³-hybridized carbons (Fsp3) is 0.500. The summed E-state index contributed by atoms with van der Waals surface area (Å²) < 4.78 is 0. The van der Waals surface area contributed by atoms with E-state index in [1.807, 2.05) is 0 Å². The molecule has 0 spiro atoms. The average molecular weight is 355 g/mol. The van der Waals surface area contributed by atoms with Crippen molar-refractivity contribution in [2.24, 2.45) is 0 Å². The van der Waals surface area contributed by atoms with Gasteiger partial charge in [0.15, 0.2) is 0 Å². The van der Waals surface area contributed by atoms with E-state index in [-0.39, 0.29) is 77.6 Å². The molecule has 0 aromatic carbocycles. The van der Waals surface area contributed by atoms with Crippen molar-refractivity contribution < 1.29 is 67.7 Å². The van der Waals surface area contributed by atoms with Gasteiger partial charge in [-0.05, 0) is 13.1 Å². The summed E-state index contributed by atoms with van der Waals surface area (Å²) in [5.41, 5.74) is 0. The molecule has 0 atom stereocenters. The minimum atomic E-state index is -2.61. The van der Waals surface area contributed by atoms with Crippen LogP contribution in [0.15, 0.2) is 0 Å². The van der Waals surface area contributed by atoms with Crippen molar-refractivity contribution in [3.05, 3.63) is 29.7 Å². The molecule has 7 heteroatoms. The van der Waals surface area contributed by atoms with Gasteiger partial charge in [-0.3, -0.25) is 0 Å². The van der Waals surface area contributed by atoms with Crippen molar-refractivity contribution in [2.75, 3.05) is 14.2 Å². The zero-order valence-corrected chi connectivity index (χ0v) is 16.3. The molecule has 0 aliphatic heterocycles. The topological polar surface area (TPSA) is 80.9 Å². The fourth-order valence-electron chi connectivity index (χ4n) is 0. The van der Waals surface area contributed by atoms with E-state index < -0.39 is 8.56 Å². The van der Waals surface area contributed by atoms with Crippen LogP contribution in [-0.4, -0.2) is 42.6 Å². The Morgan fingerprint density at radius 2 is 0.667 bits per heavy atom. The molecule has 0 aliphatic carbocycles. The summed E-state index contributed by atoms with van der Waals surface area (Å²) in [5, 5.41) is 14.0. The maximum Gasteiger partial charge on any atom is 2.00 e. The number of rotatable bonds is 0. The number of aliphatic hydroxyl groups is 2. The van der Waals surface area contributed by atoms with Crippen LogP contribution in [0.25, 0.3) is 0 Å². The molecule has 96 valence electrons. The van der Waals surface area contributed by atoms with Gasteiger partial charge < -0.3 is 49.5 Å². The van der Waals surface area contributed by atoms with Crippen LogP contribution in [0.5, 0.6) is 0 Å².